The molecule has 4 heteroatoms. The summed E-state index contributed by atoms with van der Waals surface area (Å²) < 4.78 is 1.79. The number of aryl methyl sites for hydroxylation is 1. The van der Waals surface area contributed by atoms with Crippen LogP contribution < -0.4 is 0 Å². The molecular formula is C14H20ClN3. The van der Waals surface area contributed by atoms with Crippen LogP contribution in [0.1, 0.15) is 56.8 Å². The predicted molar refractivity (Wildman–Crippen MR) is 75.3 cm³/mol. The lowest BCUT2D eigenvalue weighted by Crippen LogP contribution is -1.95. The minimum Gasteiger partial charge on any atom is -0.219 e. The summed E-state index contributed by atoms with van der Waals surface area (Å²) in [7, 11) is 0. The van der Waals surface area contributed by atoms with Crippen molar-refractivity contribution < 1.29 is 0 Å². The second kappa shape index (κ2) is 5.70. The van der Waals surface area contributed by atoms with Crippen LogP contribution >= 0.6 is 11.6 Å². The van der Waals surface area contributed by atoms with E-state index in [1.54, 1.807) is 4.52 Å². The van der Waals surface area contributed by atoms with Crippen LogP contribution in [0.15, 0.2) is 12.3 Å². The van der Waals surface area contributed by atoms with E-state index in [1.165, 1.54) is 25.7 Å². The van der Waals surface area contributed by atoms with Crippen molar-refractivity contribution in [3.63, 3.8) is 0 Å². The molecule has 0 atom stereocenters. The van der Waals surface area contributed by atoms with Gasteiger partial charge < -0.3 is 0 Å². The largest absolute Gasteiger partial charge is 0.219 e. The first-order valence-corrected chi connectivity index (χ1v) is 7.15. The Bertz CT molecular complexity index is 527. The van der Waals surface area contributed by atoms with Gasteiger partial charge in [-0.2, -0.15) is 5.10 Å². The van der Waals surface area contributed by atoms with Crippen LogP contribution in [0.5, 0.6) is 0 Å². The van der Waals surface area contributed by atoms with Crippen molar-refractivity contribution >= 4 is 17.2 Å². The fourth-order valence-electron chi connectivity index (χ4n) is 2.38. The van der Waals surface area contributed by atoms with Gasteiger partial charge in [-0.1, -0.05) is 38.3 Å². The fraction of sp³-hybridized carbons (Fsp3) is 0.571. The van der Waals surface area contributed by atoms with Crippen molar-refractivity contribution in [2.45, 2.75) is 52.4 Å². The van der Waals surface area contributed by atoms with Gasteiger partial charge in [0.25, 0.3) is 0 Å². The molecule has 0 unspecified atom stereocenters. The molecule has 1 aliphatic carbocycles. The van der Waals surface area contributed by atoms with Crippen molar-refractivity contribution in [1.82, 2.24) is 14.6 Å². The molecule has 0 N–H and O–H groups in total. The van der Waals surface area contributed by atoms with E-state index in [0.717, 1.165) is 22.1 Å². The maximum absolute atomic E-state index is 6.22. The molecule has 0 aromatic carbocycles. The lowest BCUT2D eigenvalue weighted by Gasteiger charge is -2.00. The number of halogens is 1. The van der Waals surface area contributed by atoms with Crippen molar-refractivity contribution in [2.75, 3.05) is 0 Å². The molecule has 1 saturated carbocycles. The van der Waals surface area contributed by atoms with Crippen LogP contribution in [0.2, 0.25) is 5.02 Å². The molecule has 0 bridgehead atoms. The van der Waals surface area contributed by atoms with E-state index in [9.17, 15) is 0 Å². The van der Waals surface area contributed by atoms with Gasteiger partial charge in [0.2, 0.25) is 0 Å². The van der Waals surface area contributed by atoms with Gasteiger partial charge in [-0.05, 0) is 31.4 Å². The topological polar surface area (TPSA) is 30.2 Å². The Hall–Kier alpha value is -1.09. The molecule has 18 heavy (non-hydrogen) atoms. The number of hydrogen-bond donors (Lipinski definition) is 0. The highest BCUT2D eigenvalue weighted by atomic mass is 35.5. The molecule has 0 aliphatic heterocycles. The lowest BCUT2D eigenvalue weighted by molar-refractivity contribution is 0.666. The smallest absolute Gasteiger partial charge is 0.174 e. The van der Waals surface area contributed by atoms with E-state index in [-0.39, 0.29) is 0 Å². The number of aromatic nitrogens is 3. The average molecular weight is 266 g/mol. The van der Waals surface area contributed by atoms with Crippen LogP contribution in [0.25, 0.3) is 5.65 Å². The molecule has 2 aromatic rings. The van der Waals surface area contributed by atoms with Crippen molar-refractivity contribution in [2.24, 2.45) is 0 Å². The first-order chi connectivity index (χ1) is 8.75. The van der Waals surface area contributed by atoms with Crippen LogP contribution in [-0.2, 0) is 0 Å². The summed E-state index contributed by atoms with van der Waals surface area (Å²) in [5.41, 5.74) is 1.85. The van der Waals surface area contributed by atoms with Gasteiger partial charge in [-0.15, -0.1) is 0 Å². The Morgan fingerprint density at radius 1 is 1.28 bits per heavy atom. The van der Waals surface area contributed by atoms with Gasteiger partial charge in [0.05, 0.1) is 5.02 Å². The maximum atomic E-state index is 6.22. The van der Waals surface area contributed by atoms with Crippen LogP contribution in [0, 0.1) is 6.92 Å². The third kappa shape index (κ3) is 2.37. The number of fused-ring (bicyclic) bond motifs is 1. The number of nitrogens with zero attached hydrogens (tertiary/aromatic N) is 3. The Morgan fingerprint density at radius 3 is 2.61 bits per heavy atom. The van der Waals surface area contributed by atoms with E-state index in [0.29, 0.717) is 5.92 Å². The highest BCUT2D eigenvalue weighted by molar-refractivity contribution is 6.34. The zero-order chi connectivity index (χ0) is 13.1. The summed E-state index contributed by atoms with van der Waals surface area (Å²) in [6.07, 6.45) is 6.96. The number of pyridine rings is 1. The molecule has 0 radical (unpaired) electrons. The molecule has 0 saturated heterocycles. The van der Waals surface area contributed by atoms with Gasteiger partial charge in [0, 0.05) is 12.1 Å². The molecular weight excluding hydrogens is 246 g/mol. The zero-order valence-corrected chi connectivity index (χ0v) is 12.0. The third-order valence-corrected chi connectivity index (χ3v) is 3.84. The number of rotatable bonds is 1. The Labute approximate surface area is 113 Å². The van der Waals surface area contributed by atoms with Crippen LogP contribution in [0.3, 0.4) is 0 Å². The minimum absolute atomic E-state index is 0.538. The maximum Gasteiger partial charge on any atom is 0.174 e. The molecule has 3 rings (SSSR count). The van der Waals surface area contributed by atoms with Crippen LogP contribution in [0.4, 0.5) is 0 Å². The molecule has 2 aromatic heterocycles. The first kappa shape index (κ1) is 13.3. The molecule has 0 amide bonds. The van der Waals surface area contributed by atoms with Gasteiger partial charge in [-0.25, -0.2) is 9.50 Å². The number of hydrogen-bond acceptors (Lipinski definition) is 2. The highest BCUT2D eigenvalue weighted by Gasteiger charge is 2.22. The third-order valence-electron chi connectivity index (χ3n) is 3.38. The summed E-state index contributed by atoms with van der Waals surface area (Å²) in [5.74, 6) is 1.50. The minimum atomic E-state index is 0.538. The van der Waals surface area contributed by atoms with E-state index in [1.807, 2.05) is 33.0 Å². The normalized spacial score (nSPS) is 15.8. The summed E-state index contributed by atoms with van der Waals surface area (Å²) >= 11 is 6.22. The molecule has 1 aliphatic rings. The van der Waals surface area contributed by atoms with Gasteiger partial charge in [-0.3, -0.25) is 0 Å². The molecule has 1 fully saturated rings. The van der Waals surface area contributed by atoms with Gasteiger partial charge in [0.1, 0.15) is 0 Å². The second-order valence-corrected chi connectivity index (χ2v) is 4.91. The quantitative estimate of drug-likeness (QED) is 0.766. The highest BCUT2D eigenvalue weighted by Crippen LogP contribution is 2.33. The lowest BCUT2D eigenvalue weighted by atomic mass is 10.1. The molecule has 0 spiro atoms. The molecule has 98 valence electrons. The Kier molecular flexibility index (Phi) is 4.23. The SMILES string of the molecule is CC.Cc1ccn2nc(C3CCCC3)nc2c1Cl. The second-order valence-electron chi connectivity index (χ2n) is 4.53. The molecule has 3 nitrogen and oxygen atoms in total. The monoisotopic (exact) mass is 265 g/mol. The predicted octanol–water partition coefficient (Wildman–Crippen LogP) is 4.37. The summed E-state index contributed by atoms with van der Waals surface area (Å²) in [5, 5.41) is 5.24. The van der Waals surface area contributed by atoms with E-state index < -0.39 is 0 Å². The Balaban J connectivity index is 0.000000574. The van der Waals surface area contributed by atoms with Crippen molar-refractivity contribution in [3.8, 4) is 0 Å². The fourth-order valence-corrected chi connectivity index (χ4v) is 2.57. The standard InChI is InChI=1S/C12H14ClN3.C2H6/c1-8-6-7-16-12(10(8)13)14-11(15-16)9-4-2-3-5-9;1-2/h6-7,9H,2-5H2,1H3;1-2H3. The van der Waals surface area contributed by atoms with Gasteiger partial charge in [0.15, 0.2) is 11.5 Å². The average Bonchev–Trinajstić information content (AvgIpc) is 3.04. The Morgan fingerprint density at radius 2 is 1.94 bits per heavy atom. The summed E-state index contributed by atoms with van der Waals surface area (Å²) in [4.78, 5) is 4.58. The van der Waals surface area contributed by atoms with E-state index in [4.69, 9.17) is 11.6 Å². The van der Waals surface area contributed by atoms with Crippen LogP contribution in [-0.4, -0.2) is 14.6 Å². The van der Waals surface area contributed by atoms with Gasteiger partial charge >= 0.3 is 0 Å². The first-order valence-electron chi connectivity index (χ1n) is 6.77. The summed E-state index contributed by atoms with van der Waals surface area (Å²) in [6.45, 7) is 5.99. The zero-order valence-electron chi connectivity index (χ0n) is 11.3. The van der Waals surface area contributed by atoms with Crippen molar-refractivity contribution in [3.05, 3.63) is 28.7 Å². The van der Waals surface area contributed by atoms with E-state index >= 15 is 0 Å². The van der Waals surface area contributed by atoms with Crippen molar-refractivity contribution in [1.29, 1.82) is 0 Å². The molecule has 2 heterocycles. The summed E-state index contributed by atoms with van der Waals surface area (Å²) in [6, 6.07) is 1.97. The van der Waals surface area contributed by atoms with E-state index in [2.05, 4.69) is 10.1 Å².